The lowest BCUT2D eigenvalue weighted by Gasteiger charge is -2.18. The normalized spacial score (nSPS) is 11.3. The van der Waals surface area contributed by atoms with Crippen molar-refractivity contribution >= 4 is 39.3 Å². The summed E-state index contributed by atoms with van der Waals surface area (Å²) in [6.45, 7) is 5.50. The van der Waals surface area contributed by atoms with Gasteiger partial charge in [0.05, 0.1) is 17.6 Å². The number of ether oxygens (including phenoxy) is 2. The highest BCUT2D eigenvalue weighted by molar-refractivity contribution is 5.92. The molecule has 7 heteroatoms. The van der Waals surface area contributed by atoms with Gasteiger partial charge in [0.1, 0.15) is 5.82 Å². The fourth-order valence-electron chi connectivity index (χ4n) is 3.25. The zero-order valence-corrected chi connectivity index (χ0v) is 17.1. The van der Waals surface area contributed by atoms with Crippen LogP contribution in [0.3, 0.4) is 0 Å². The van der Waals surface area contributed by atoms with E-state index in [9.17, 15) is 0 Å². The molecule has 0 unspecified atom stereocenters. The molecule has 0 aliphatic rings. The zero-order chi connectivity index (χ0) is 20.8. The van der Waals surface area contributed by atoms with Gasteiger partial charge in [-0.1, -0.05) is 18.2 Å². The third-order valence-corrected chi connectivity index (χ3v) is 4.60. The van der Waals surface area contributed by atoms with Crippen molar-refractivity contribution in [3.05, 3.63) is 60.8 Å². The Hall–Kier alpha value is -3.29. The minimum Gasteiger partial charge on any atom is -0.351 e. The summed E-state index contributed by atoms with van der Waals surface area (Å²) in [6.07, 6.45) is 1.45. The van der Waals surface area contributed by atoms with Crippen molar-refractivity contribution in [3.63, 3.8) is 0 Å². The fourth-order valence-corrected chi connectivity index (χ4v) is 3.25. The number of benzene rings is 2. The summed E-state index contributed by atoms with van der Waals surface area (Å²) in [5.74, 6) is 1.25. The minimum atomic E-state index is -0.348. The summed E-state index contributed by atoms with van der Waals surface area (Å²) >= 11 is 0. The molecule has 30 heavy (non-hydrogen) atoms. The van der Waals surface area contributed by atoms with Crippen molar-refractivity contribution in [1.82, 2.24) is 15.0 Å². The molecule has 2 aromatic carbocycles. The van der Waals surface area contributed by atoms with Crippen LogP contribution in [0.4, 0.5) is 17.5 Å². The maximum absolute atomic E-state index is 5.60. The van der Waals surface area contributed by atoms with Crippen LogP contribution in [0, 0.1) is 0 Å². The first-order valence-electron chi connectivity index (χ1n) is 10.1. The Balaban J connectivity index is 1.62. The standard InChI is InChI=1S/C23H25N5O2/c1-3-29-21(30-4-2)15-25-23-27-20-10-6-5-9-18(20)22(28-23)26-17-11-12-19-16(14-17)8-7-13-24-19/h5-14,21H,3-4,15H2,1-2H3,(H2,25,26,27,28). The average Bonchev–Trinajstić information content (AvgIpc) is 2.78. The minimum absolute atomic E-state index is 0.348. The number of rotatable bonds is 9. The lowest BCUT2D eigenvalue weighted by Crippen LogP contribution is -2.27. The van der Waals surface area contributed by atoms with Crippen molar-refractivity contribution < 1.29 is 9.47 Å². The first-order chi connectivity index (χ1) is 14.8. The van der Waals surface area contributed by atoms with E-state index in [1.165, 1.54) is 0 Å². The fraction of sp³-hybridized carbons (Fsp3) is 0.261. The highest BCUT2D eigenvalue weighted by Gasteiger charge is 2.12. The molecule has 0 saturated heterocycles. The van der Waals surface area contributed by atoms with Crippen LogP contribution in [0.25, 0.3) is 21.8 Å². The van der Waals surface area contributed by atoms with Crippen molar-refractivity contribution in [2.75, 3.05) is 30.4 Å². The molecule has 2 N–H and O–H groups in total. The second kappa shape index (κ2) is 9.47. The topological polar surface area (TPSA) is 81.2 Å². The van der Waals surface area contributed by atoms with E-state index in [4.69, 9.17) is 14.5 Å². The predicted octanol–water partition coefficient (Wildman–Crippen LogP) is 4.73. The highest BCUT2D eigenvalue weighted by atomic mass is 16.7. The van der Waals surface area contributed by atoms with Crippen molar-refractivity contribution in [2.45, 2.75) is 20.1 Å². The van der Waals surface area contributed by atoms with E-state index in [2.05, 4.69) is 26.7 Å². The molecule has 4 aromatic rings. The van der Waals surface area contributed by atoms with Crippen LogP contribution in [-0.2, 0) is 9.47 Å². The molecule has 0 bridgehead atoms. The predicted molar refractivity (Wildman–Crippen MR) is 120 cm³/mol. The first kappa shape index (κ1) is 20.0. The molecule has 7 nitrogen and oxygen atoms in total. The Morgan fingerprint density at radius 1 is 0.900 bits per heavy atom. The van der Waals surface area contributed by atoms with Crippen molar-refractivity contribution in [3.8, 4) is 0 Å². The number of aromatic nitrogens is 3. The van der Waals surface area contributed by atoms with Crippen LogP contribution < -0.4 is 10.6 Å². The lowest BCUT2D eigenvalue weighted by atomic mass is 10.2. The molecule has 154 valence electrons. The van der Waals surface area contributed by atoms with E-state index < -0.39 is 0 Å². The van der Waals surface area contributed by atoms with Gasteiger partial charge in [-0.25, -0.2) is 4.98 Å². The Labute approximate surface area is 175 Å². The summed E-state index contributed by atoms with van der Waals surface area (Å²) in [6, 6.07) is 18.0. The Kier molecular flexibility index (Phi) is 6.32. The molecule has 0 atom stereocenters. The summed E-state index contributed by atoms with van der Waals surface area (Å²) in [4.78, 5) is 13.7. The summed E-state index contributed by atoms with van der Waals surface area (Å²) in [5.41, 5.74) is 2.74. The number of fused-ring (bicyclic) bond motifs is 2. The van der Waals surface area contributed by atoms with E-state index in [1.54, 1.807) is 6.20 Å². The van der Waals surface area contributed by atoms with Crippen LogP contribution >= 0.6 is 0 Å². The quantitative estimate of drug-likeness (QED) is 0.391. The van der Waals surface area contributed by atoms with E-state index in [0.717, 1.165) is 33.3 Å². The van der Waals surface area contributed by atoms with Crippen LogP contribution in [-0.4, -0.2) is 41.0 Å². The third kappa shape index (κ3) is 4.64. The van der Waals surface area contributed by atoms with Gasteiger partial charge < -0.3 is 20.1 Å². The number of hydrogen-bond donors (Lipinski definition) is 2. The van der Waals surface area contributed by atoms with Gasteiger partial charge in [-0.05, 0) is 50.2 Å². The van der Waals surface area contributed by atoms with E-state index in [1.807, 2.05) is 62.4 Å². The Morgan fingerprint density at radius 3 is 2.57 bits per heavy atom. The van der Waals surface area contributed by atoms with E-state index >= 15 is 0 Å². The first-order valence-corrected chi connectivity index (χ1v) is 10.1. The van der Waals surface area contributed by atoms with Gasteiger partial charge in [0.25, 0.3) is 0 Å². The molecule has 0 fully saturated rings. The van der Waals surface area contributed by atoms with Gasteiger partial charge in [0.15, 0.2) is 6.29 Å². The second-order valence-corrected chi connectivity index (χ2v) is 6.67. The van der Waals surface area contributed by atoms with Crippen LogP contribution in [0.5, 0.6) is 0 Å². The van der Waals surface area contributed by atoms with Gasteiger partial charge in [0, 0.05) is 35.9 Å². The van der Waals surface area contributed by atoms with Crippen molar-refractivity contribution in [1.29, 1.82) is 0 Å². The molecule has 0 amide bonds. The maximum atomic E-state index is 5.60. The van der Waals surface area contributed by atoms with Gasteiger partial charge >= 0.3 is 0 Å². The Morgan fingerprint density at radius 2 is 1.73 bits per heavy atom. The SMILES string of the molecule is CCOC(CNc1nc(Nc2ccc3ncccc3c2)c2ccccc2n1)OCC. The number of para-hydroxylation sites is 1. The highest BCUT2D eigenvalue weighted by Crippen LogP contribution is 2.26. The molecular weight excluding hydrogens is 378 g/mol. The van der Waals surface area contributed by atoms with E-state index in [-0.39, 0.29) is 6.29 Å². The summed E-state index contributed by atoms with van der Waals surface area (Å²) < 4.78 is 11.2. The average molecular weight is 403 g/mol. The zero-order valence-electron chi connectivity index (χ0n) is 17.1. The van der Waals surface area contributed by atoms with Gasteiger partial charge in [-0.15, -0.1) is 0 Å². The molecule has 2 heterocycles. The second-order valence-electron chi connectivity index (χ2n) is 6.67. The van der Waals surface area contributed by atoms with Crippen LogP contribution in [0.2, 0.25) is 0 Å². The van der Waals surface area contributed by atoms with Crippen LogP contribution in [0.1, 0.15) is 13.8 Å². The maximum Gasteiger partial charge on any atom is 0.225 e. The molecule has 4 rings (SSSR count). The number of nitrogens with one attached hydrogen (secondary N) is 2. The molecule has 0 aliphatic heterocycles. The van der Waals surface area contributed by atoms with Crippen molar-refractivity contribution in [2.24, 2.45) is 0 Å². The number of nitrogens with zero attached hydrogens (tertiary/aromatic N) is 3. The number of hydrogen-bond acceptors (Lipinski definition) is 7. The molecule has 0 spiro atoms. The smallest absolute Gasteiger partial charge is 0.225 e. The summed E-state index contributed by atoms with van der Waals surface area (Å²) in [7, 11) is 0. The largest absolute Gasteiger partial charge is 0.351 e. The number of pyridine rings is 1. The van der Waals surface area contributed by atoms with Crippen LogP contribution in [0.15, 0.2) is 60.8 Å². The van der Waals surface area contributed by atoms with E-state index in [0.29, 0.717) is 25.7 Å². The molecule has 0 radical (unpaired) electrons. The third-order valence-electron chi connectivity index (χ3n) is 4.60. The van der Waals surface area contributed by atoms with Gasteiger partial charge in [-0.2, -0.15) is 4.98 Å². The Bertz CT molecular complexity index is 1130. The summed E-state index contributed by atoms with van der Waals surface area (Å²) in [5, 5.41) is 8.69. The monoisotopic (exact) mass is 403 g/mol. The number of anilines is 3. The lowest BCUT2D eigenvalue weighted by molar-refractivity contribution is -0.126. The van der Waals surface area contributed by atoms with Gasteiger partial charge in [0.2, 0.25) is 5.95 Å². The van der Waals surface area contributed by atoms with Gasteiger partial charge in [-0.3, -0.25) is 4.98 Å². The molecule has 0 aliphatic carbocycles. The molecular formula is C23H25N5O2. The molecule has 2 aromatic heterocycles. The molecule has 0 saturated carbocycles.